The highest BCUT2D eigenvalue weighted by atomic mass is 35.5. The lowest BCUT2D eigenvalue weighted by Crippen LogP contribution is -2.33. The van der Waals surface area contributed by atoms with Crippen LogP contribution in [0, 0.1) is 11.8 Å². The molecule has 1 atom stereocenters. The van der Waals surface area contributed by atoms with Gasteiger partial charge in [0.1, 0.15) is 0 Å². The van der Waals surface area contributed by atoms with E-state index in [1.54, 1.807) is 36.4 Å². The Hall–Kier alpha value is -1.58. The van der Waals surface area contributed by atoms with Crippen LogP contribution < -0.4 is 5.32 Å². The van der Waals surface area contributed by atoms with Gasteiger partial charge < -0.3 is 0 Å². The lowest BCUT2D eigenvalue weighted by Gasteiger charge is -2.20. The number of hydrogen-bond acceptors (Lipinski definition) is 4. The van der Waals surface area contributed by atoms with Crippen LogP contribution in [0.5, 0.6) is 0 Å². The van der Waals surface area contributed by atoms with Gasteiger partial charge in [0.15, 0.2) is 4.08 Å². The number of carbonyl (C=O) groups is 2. The lowest BCUT2D eigenvalue weighted by molar-refractivity contribution is -0.119. The molecule has 1 heterocycles. The highest BCUT2D eigenvalue weighted by molar-refractivity contribution is 8.27. The third kappa shape index (κ3) is 4.53. The van der Waals surface area contributed by atoms with Crippen molar-refractivity contribution in [2.45, 2.75) is 15.4 Å². The molecule has 2 aromatic carbocycles. The van der Waals surface area contributed by atoms with Gasteiger partial charge in [-0.15, -0.1) is 0 Å². The molecule has 1 unspecified atom stereocenters. The highest BCUT2D eigenvalue weighted by Crippen LogP contribution is 2.48. The predicted octanol–water partition coefficient (Wildman–Crippen LogP) is 5.21. The number of imide groups is 1. The zero-order valence-corrected chi connectivity index (χ0v) is 15.9. The van der Waals surface area contributed by atoms with Gasteiger partial charge in [-0.3, -0.25) is 14.9 Å². The maximum atomic E-state index is 12.4. The van der Waals surface area contributed by atoms with E-state index in [2.05, 4.69) is 17.2 Å². The summed E-state index contributed by atoms with van der Waals surface area (Å²) >= 11 is 14.0. The van der Waals surface area contributed by atoms with Crippen molar-refractivity contribution in [2.24, 2.45) is 0 Å². The molecule has 2 aromatic rings. The quantitative estimate of drug-likeness (QED) is 0.709. The minimum absolute atomic E-state index is 0.227. The van der Waals surface area contributed by atoms with Gasteiger partial charge >= 0.3 is 0 Å². The van der Waals surface area contributed by atoms with Crippen LogP contribution in [0.15, 0.2) is 53.4 Å². The summed E-state index contributed by atoms with van der Waals surface area (Å²) in [5, 5.41) is 3.23. The number of benzene rings is 2. The van der Waals surface area contributed by atoms with Gasteiger partial charge in [-0.25, -0.2) is 0 Å². The van der Waals surface area contributed by atoms with Crippen molar-refractivity contribution in [3.8, 4) is 11.8 Å². The van der Waals surface area contributed by atoms with E-state index in [1.165, 1.54) is 11.8 Å². The first kappa shape index (κ1) is 18.2. The molecule has 0 spiro atoms. The summed E-state index contributed by atoms with van der Waals surface area (Å²) in [4.78, 5) is 24.9. The molecular weight excluding hydrogens is 397 g/mol. The second kappa shape index (κ2) is 7.76. The number of rotatable bonds is 3. The smallest absolute Gasteiger partial charge is 0.285 e. The van der Waals surface area contributed by atoms with Crippen molar-refractivity contribution < 1.29 is 9.59 Å². The molecule has 3 rings (SSSR count). The second-order valence-electron chi connectivity index (χ2n) is 5.14. The average Bonchev–Trinajstić information content (AvgIpc) is 2.85. The molecule has 25 heavy (non-hydrogen) atoms. The maximum Gasteiger partial charge on any atom is 0.287 e. The molecule has 0 saturated carbocycles. The maximum absolute atomic E-state index is 12.4. The summed E-state index contributed by atoms with van der Waals surface area (Å²) < 4.78 is -1.01. The topological polar surface area (TPSA) is 46.2 Å². The zero-order valence-electron chi connectivity index (χ0n) is 12.7. The summed E-state index contributed by atoms with van der Waals surface area (Å²) in [6.07, 6.45) is 0.227. The number of thioether (sulfide) groups is 2. The lowest BCUT2D eigenvalue weighted by atomic mass is 10.2. The van der Waals surface area contributed by atoms with Crippen molar-refractivity contribution in [2.75, 3.05) is 0 Å². The molecule has 2 amide bonds. The van der Waals surface area contributed by atoms with Crippen LogP contribution in [0.1, 0.15) is 12.0 Å². The van der Waals surface area contributed by atoms with Crippen LogP contribution in [0.2, 0.25) is 10.0 Å². The molecule has 1 aliphatic rings. The SMILES string of the molecule is O=C1NC(=O)C(CC#Cc2ccc(Cl)cc2)(Sc2ccc(Cl)cc2)S1. The number of amides is 2. The number of halogens is 2. The van der Waals surface area contributed by atoms with Crippen molar-refractivity contribution in [3.05, 3.63) is 64.1 Å². The normalized spacial score (nSPS) is 19.3. The van der Waals surface area contributed by atoms with Crippen LogP contribution in [-0.4, -0.2) is 15.2 Å². The average molecular weight is 408 g/mol. The Morgan fingerprint density at radius 1 is 1.00 bits per heavy atom. The fourth-order valence-corrected chi connectivity index (χ4v) is 4.72. The molecule has 7 heteroatoms. The molecular formula is C18H11Cl2NO2S2. The van der Waals surface area contributed by atoms with Gasteiger partial charge in [0.2, 0.25) is 0 Å². The van der Waals surface area contributed by atoms with Gasteiger partial charge in [-0.05, 0) is 60.3 Å². The summed E-state index contributed by atoms with van der Waals surface area (Å²) in [6, 6.07) is 14.3. The van der Waals surface area contributed by atoms with E-state index >= 15 is 0 Å². The summed E-state index contributed by atoms with van der Waals surface area (Å²) in [6.45, 7) is 0. The van der Waals surface area contributed by atoms with Crippen molar-refractivity contribution >= 4 is 57.9 Å². The molecule has 1 saturated heterocycles. The van der Waals surface area contributed by atoms with E-state index in [0.717, 1.165) is 22.2 Å². The highest BCUT2D eigenvalue weighted by Gasteiger charge is 2.48. The van der Waals surface area contributed by atoms with Crippen molar-refractivity contribution in [1.82, 2.24) is 5.32 Å². The van der Waals surface area contributed by atoms with Gasteiger partial charge in [0.25, 0.3) is 11.1 Å². The van der Waals surface area contributed by atoms with E-state index in [9.17, 15) is 9.59 Å². The van der Waals surface area contributed by atoms with Crippen LogP contribution in [0.25, 0.3) is 0 Å². The van der Waals surface area contributed by atoms with E-state index in [-0.39, 0.29) is 17.6 Å². The Morgan fingerprint density at radius 3 is 2.16 bits per heavy atom. The molecule has 0 aliphatic carbocycles. The van der Waals surface area contributed by atoms with Gasteiger partial charge in [0, 0.05) is 26.9 Å². The van der Waals surface area contributed by atoms with Crippen LogP contribution in [0.4, 0.5) is 4.79 Å². The molecule has 1 fully saturated rings. The third-order valence-electron chi connectivity index (χ3n) is 3.31. The Morgan fingerprint density at radius 2 is 1.60 bits per heavy atom. The third-order valence-corrected chi connectivity index (χ3v) is 6.43. The fourth-order valence-electron chi connectivity index (χ4n) is 2.12. The fraction of sp³-hybridized carbons (Fsp3) is 0.111. The molecule has 1 aliphatic heterocycles. The number of nitrogens with one attached hydrogen (secondary N) is 1. The van der Waals surface area contributed by atoms with E-state index < -0.39 is 4.08 Å². The van der Waals surface area contributed by atoms with Crippen LogP contribution in [0.3, 0.4) is 0 Å². The molecule has 126 valence electrons. The van der Waals surface area contributed by atoms with Gasteiger partial charge in [-0.1, -0.05) is 46.8 Å². The minimum atomic E-state index is -1.01. The standard InChI is InChI=1S/C18H11Cl2NO2S2/c19-13-5-3-12(4-6-13)2-1-11-18(16(22)21-17(23)25-18)24-15-9-7-14(20)8-10-15/h3-10H,11H2,(H,21,22,23). The van der Waals surface area contributed by atoms with Crippen molar-refractivity contribution in [1.29, 1.82) is 0 Å². The zero-order chi connectivity index (χ0) is 17.9. The molecule has 1 N–H and O–H groups in total. The van der Waals surface area contributed by atoms with Gasteiger partial charge in [0.05, 0.1) is 0 Å². The van der Waals surface area contributed by atoms with E-state index in [1.807, 2.05) is 12.1 Å². The van der Waals surface area contributed by atoms with Gasteiger partial charge in [-0.2, -0.15) is 0 Å². The largest absolute Gasteiger partial charge is 0.287 e. The first-order valence-electron chi connectivity index (χ1n) is 7.20. The molecule has 0 bridgehead atoms. The first-order chi connectivity index (χ1) is 12.0. The summed E-state index contributed by atoms with van der Waals surface area (Å²) in [5.74, 6) is 5.68. The van der Waals surface area contributed by atoms with Crippen molar-refractivity contribution in [3.63, 3.8) is 0 Å². The molecule has 0 radical (unpaired) electrons. The predicted molar refractivity (Wildman–Crippen MR) is 104 cm³/mol. The number of carbonyl (C=O) groups excluding carboxylic acids is 2. The molecule has 3 nitrogen and oxygen atoms in total. The second-order valence-corrected chi connectivity index (χ2v) is 8.91. The Bertz CT molecular complexity index is 873. The summed E-state index contributed by atoms with van der Waals surface area (Å²) in [5.41, 5.74) is 0.797. The first-order valence-corrected chi connectivity index (χ1v) is 9.59. The van der Waals surface area contributed by atoms with E-state index in [4.69, 9.17) is 23.2 Å². The Balaban J connectivity index is 1.83. The molecule has 0 aromatic heterocycles. The Kier molecular flexibility index (Phi) is 5.65. The van der Waals surface area contributed by atoms with Crippen LogP contribution in [-0.2, 0) is 4.79 Å². The Labute approximate surface area is 163 Å². The van der Waals surface area contributed by atoms with Crippen LogP contribution >= 0.6 is 46.7 Å². The summed E-state index contributed by atoms with van der Waals surface area (Å²) in [7, 11) is 0. The minimum Gasteiger partial charge on any atom is -0.285 e. The monoisotopic (exact) mass is 407 g/mol. The number of hydrogen-bond donors (Lipinski definition) is 1. The van der Waals surface area contributed by atoms with E-state index in [0.29, 0.717) is 10.0 Å².